The first-order valence-electron chi connectivity index (χ1n) is 8.42. The van der Waals surface area contributed by atoms with Crippen LogP contribution in [0.15, 0.2) is 35.5 Å². The fourth-order valence-electron chi connectivity index (χ4n) is 2.60. The van der Waals surface area contributed by atoms with E-state index in [1.807, 2.05) is 41.8 Å². The molecule has 7 nitrogen and oxygen atoms in total. The number of thioether (sulfide) groups is 1. The number of carbonyl (C=O) groups is 1. The highest BCUT2D eigenvalue weighted by Crippen LogP contribution is 2.29. The Balaban J connectivity index is 1.89. The van der Waals surface area contributed by atoms with Crippen molar-refractivity contribution in [3.8, 4) is 18.0 Å². The fraction of sp³-hybridized carbons (Fsp3) is 0.389. The molecule has 0 spiro atoms. The molecule has 1 fully saturated rings. The molecule has 1 saturated heterocycles. The van der Waals surface area contributed by atoms with E-state index in [0.29, 0.717) is 18.4 Å². The van der Waals surface area contributed by atoms with Gasteiger partial charge in [0, 0.05) is 13.1 Å². The van der Waals surface area contributed by atoms with E-state index in [0.717, 1.165) is 24.7 Å². The molecule has 3 rings (SSSR count). The highest BCUT2D eigenvalue weighted by atomic mass is 32.2. The highest BCUT2D eigenvalue weighted by molar-refractivity contribution is 8.00. The number of aromatic nitrogens is 3. The second kappa shape index (κ2) is 8.74. The summed E-state index contributed by atoms with van der Waals surface area (Å²) in [4.78, 5) is 14.3. The topological polar surface area (TPSA) is 72.3 Å². The maximum atomic E-state index is 12.2. The van der Waals surface area contributed by atoms with Crippen LogP contribution in [0.3, 0.4) is 0 Å². The van der Waals surface area contributed by atoms with Gasteiger partial charge in [0.1, 0.15) is 0 Å². The molecule has 1 amide bonds. The van der Waals surface area contributed by atoms with Gasteiger partial charge in [-0.2, -0.15) is 0 Å². The SMILES string of the molecule is C#CCNC(=O)C(C)Sc1nnc(N2CCOCC2)n1-c1ccccc1. The molecule has 26 heavy (non-hydrogen) atoms. The van der Waals surface area contributed by atoms with Crippen LogP contribution in [0.4, 0.5) is 5.95 Å². The Kier molecular flexibility index (Phi) is 6.15. The molecule has 1 aromatic carbocycles. The summed E-state index contributed by atoms with van der Waals surface area (Å²) in [6.07, 6.45) is 5.20. The van der Waals surface area contributed by atoms with Gasteiger partial charge in [-0.3, -0.25) is 9.36 Å². The summed E-state index contributed by atoms with van der Waals surface area (Å²) < 4.78 is 7.42. The number of anilines is 1. The average molecular weight is 371 g/mol. The maximum absolute atomic E-state index is 12.2. The van der Waals surface area contributed by atoms with Gasteiger partial charge in [0.2, 0.25) is 11.9 Å². The standard InChI is InChI=1S/C18H21N5O2S/c1-3-9-19-16(24)14(2)26-18-21-20-17(22-10-12-25-13-11-22)23(18)15-7-5-4-6-8-15/h1,4-8,14H,9-13H2,2H3,(H,19,24). The molecule has 1 N–H and O–H groups in total. The molecule has 0 aliphatic carbocycles. The molecule has 0 radical (unpaired) electrons. The van der Waals surface area contributed by atoms with Crippen LogP contribution in [0.25, 0.3) is 5.69 Å². The van der Waals surface area contributed by atoms with Gasteiger partial charge in [-0.25, -0.2) is 0 Å². The van der Waals surface area contributed by atoms with E-state index in [1.54, 1.807) is 0 Å². The average Bonchev–Trinajstić information content (AvgIpc) is 3.10. The van der Waals surface area contributed by atoms with E-state index in [-0.39, 0.29) is 17.7 Å². The summed E-state index contributed by atoms with van der Waals surface area (Å²) in [6.45, 7) is 4.88. The summed E-state index contributed by atoms with van der Waals surface area (Å²) >= 11 is 1.36. The molecular formula is C18H21N5O2S. The molecule has 1 atom stereocenters. The Morgan fingerprint density at radius 2 is 2.08 bits per heavy atom. The van der Waals surface area contributed by atoms with Crippen LogP contribution in [0.1, 0.15) is 6.92 Å². The minimum Gasteiger partial charge on any atom is -0.378 e. The van der Waals surface area contributed by atoms with Crippen molar-refractivity contribution < 1.29 is 9.53 Å². The normalized spacial score (nSPS) is 15.3. The van der Waals surface area contributed by atoms with Crippen molar-refractivity contribution in [3.63, 3.8) is 0 Å². The van der Waals surface area contributed by atoms with Gasteiger partial charge in [-0.05, 0) is 19.1 Å². The van der Waals surface area contributed by atoms with E-state index in [4.69, 9.17) is 11.2 Å². The molecule has 1 aromatic heterocycles. The Hall–Kier alpha value is -2.50. The lowest BCUT2D eigenvalue weighted by molar-refractivity contribution is -0.120. The highest BCUT2D eigenvalue weighted by Gasteiger charge is 2.24. The van der Waals surface area contributed by atoms with Crippen LogP contribution in [0.2, 0.25) is 0 Å². The van der Waals surface area contributed by atoms with Crippen molar-refractivity contribution in [2.75, 3.05) is 37.7 Å². The molecule has 1 aliphatic rings. The number of rotatable bonds is 6. The Morgan fingerprint density at radius 1 is 1.35 bits per heavy atom. The molecule has 2 heterocycles. The monoisotopic (exact) mass is 371 g/mol. The maximum Gasteiger partial charge on any atom is 0.234 e. The van der Waals surface area contributed by atoms with E-state index in [1.165, 1.54) is 11.8 Å². The first-order chi connectivity index (χ1) is 12.7. The number of nitrogens with zero attached hydrogens (tertiary/aromatic N) is 4. The van der Waals surface area contributed by atoms with Crippen molar-refractivity contribution in [1.29, 1.82) is 0 Å². The van der Waals surface area contributed by atoms with Gasteiger partial charge in [0.05, 0.1) is 30.7 Å². The third-order valence-corrected chi connectivity index (χ3v) is 4.98. The quantitative estimate of drug-likeness (QED) is 0.610. The van der Waals surface area contributed by atoms with Crippen molar-refractivity contribution >= 4 is 23.6 Å². The molecule has 2 aromatic rings. The van der Waals surface area contributed by atoms with Crippen LogP contribution >= 0.6 is 11.8 Å². The summed E-state index contributed by atoms with van der Waals surface area (Å²) in [5.41, 5.74) is 0.956. The second-order valence-corrected chi connectivity index (χ2v) is 7.04. The van der Waals surface area contributed by atoms with Crippen molar-refractivity contribution in [3.05, 3.63) is 30.3 Å². The van der Waals surface area contributed by atoms with Gasteiger partial charge in [0.25, 0.3) is 0 Å². The van der Waals surface area contributed by atoms with Crippen LogP contribution in [-0.4, -0.2) is 58.8 Å². The number of carbonyl (C=O) groups excluding carboxylic acids is 1. The van der Waals surface area contributed by atoms with E-state index < -0.39 is 0 Å². The molecular weight excluding hydrogens is 350 g/mol. The van der Waals surface area contributed by atoms with E-state index in [9.17, 15) is 4.79 Å². The van der Waals surface area contributed by atoms with Crippen LogP contribution < -0.4 is 10.2 Å². The van der Waals surface area contributed by atoms with Crippen LogP contribution in [0, 0.1) is 12.3 Å². The van der Waals surface area contributed by atoms with Gasteiger partial charge in [0.15, 0.2) is 5.16 Å². The predicted octanol–water partition coefficient (Wildman–Crippen LogP) is 1.33. The van der Waals surface area contributed by atoms with Crippen LogP contribution in [0.5, 0.6) is 0 Å². The summed E-state index contributed by atoms with van der Waals surface area (Å²) in [6, 6.07) is 9.90. The first kappa shape index (κ1) is 18.3. The number of amides is 1. The number of para-hydroxylation sites is 1. The molecule has 0 saturated carbocycles. The van der Waals surface area contributed by atoms with Crippen molar-refractivity contribution in [2.24, 2.45) is 0 Å². The molecule has 0 bridgehead atoms. The third-order valence-electron chi connectivity index (χ3n) is 3.94. The molecule has 1 unspecified atom stereocenters. The first-order valence-corrected chi connectivity index (χ1v) is 9.30. The van der Waals surface area contributed by atoms with Gasteiger partial charge < -0.3 is 15.0 Å². The lowest BCUT2D eigenvalue weighted by Crippen LogP contribution is -2.38. The number of nitrogens with one attached hydrogen (secondary N) is 1. The zero-order valence-corrected chi connectivity index (χ0v) is 15.4. The molecule has 8 heteroatoms. The van der Waals surface area contributed by atoms with Gasteiger partial charge in [-0.15, -0.1) is 16.6 Å². The summed E-state index contributed by atoms with van der Waals surface area (Å²) in [5, 5.41) is 11.8. The Bertz CT molecular complexity index is 781. The number of morpholine rings is 1. The zero-order valence-electron chi connectivity index (χ0n) is 14.6. The molecule has 1 aliphatic heterocycles. The summed E-state index contributed by atoms with van der Waals surface area (Å²) in [5.74, 6) is 3.05. The number of terminal acetylenes is 1. The number of ether oxygens (including phenoxy) is 1. The lowest BCUT2D eigenvalue weighted by Gasteiger charge is -2.28. The van der Waals surface area contributed by atoms with Crippen molar-refractivity contribution in [2.45, 2.75) is 17.3 Å². The number of benzene rings is 1. The number of hydrogen-bond donors (Lipinski definition) is 1. The predicted molar refractivity (Wildman–Crippen MR) is 102 cm³/mol. The lowest BCUT2D eigenvalue weighted by atomic mass is 10.3. The second-order valence-electron chi connectivity index (χ2n) is 5.73. The Labute approximate surface area is 157 Å². The zero-order chi connectivity index (χ0) is 18.4. The number of hydrogen-bond acceptors (Lipinski definition) is 6. The van der Waals surface area contributed by atoms with Gasteiger partial charge in [-0.1, -0.05) is 35.9 Å². The summed E-state index contributed by atoms with van der Waals surface area (Å²) in [7, 11) is 0. The fourth-order valence-corrected chi connectivity index (χ4v) is 3.49. The largest absolute Gasteiger partial charge is 0.378 e. The van der Waals surface area contributed by atoms with Crippen LogP contribution in [-0.2, 0) is 9.53 Å². The molecule has 136 valence electrons. The smallest absolute Gasteiger partial charge is 0.234 e. The minimum atomic E-state index is -0.340. The van der Waals surface area contributed by atoms with Crippen molar-refractivity contribution in [1.82, 2.24) is 20.1 Å². The van der Waals surface area contributed by atoms with E-state index in [2.05, 4.69) is 26.3 Å². The van der Waals surface area contributed by atoms with E-state index >= 15 is 0 Å². The third kappa shape index (κ3) is 4.18. The van der Waals surface area contributed by atoms with Gasteiger partial charge >= 0.3 is 0 Å². The minimum absolute atomic E-state index is 0.122. The Morgan fingerprint density at radius 3 is 2.77 bits per heavy atom.